The Morgan fingerprint density at radius 3 is 1.16 bits per heavy atom. The summed E-state index contributed by atoms with van der Waals surface area (Å²) in [6.07, 6.45) is 72.5. The van der Waals surface area contributed by atoms with E-state index >= 15 is 0 Å². The van der Waals surface area contributed by atoms with Gasteiger partial charge in [0.15, 0.2) is 0 Å². The van der Waals surface area contributed by atoms with Gasteiger partial charge in [0.05, 0.1) is 25.4 Å². The number of ether oxygens (including phenoxy) is 1. The molecule has 0 spiro atoms. The van der Waals surface area contributed by atoms with Crippen LogP contribution in [0.15, 0.2) is 48.6 Å². The number of allylic oxidation sites excluding steroid dienone is 8. The van der Waals surface area contributed by atoms with Crippen molar-refractivity contribution in [3.05, 3.63) is 48.6 Å². The van der Waals surface area contributed by atoms with Crippen molar-refractivity contribution < 1.29 is 24.5 Å². The van der Waals surface area contributed by atoms with E-state index in [9.17, 15) is 19.8 Å². The lowest BCUT2D eigenvalue weighted by atomic mass is 10.0. The minimum Gasteiger partial charge on any atom is -0.466 e. The van der Waals surface area contributed by atoms with Crippen molar-refractivity contribution in [1.29, 1.82) is 0 Å². The highest BCUT2D eigenvalue weighted by Gasteiger charge is 2.20. The molecule has 0 radical (unpaired) electrons. The predicted molar refractivity (Wildman–Crippen MR) is 296 cm³/mol. The van der Waals surface area contributed by atoms with Crippen LogP contribution in [-0.2, 0) is 14.3 Å². The van der Waals surface area contributed by atoms with Gasteiger partial charge in [-0.3, -0.25) is 9.59 Å². The van der Waals surface area contributed by atoms with Crippen LogP contribution in [0.2, 0.25) is 0 Å². The standard InChI is InChI=1S/C62H115NO5/c1-3-5-7-9-11-13-15-17-19-20-21-22-24-27-30-34-38-42-46-50-54-60(65)59(58-64)63-61(66)55-51-47-43-39-35-31-28-25-23-26-29-33-37-41-45-49-53-57-68-62(67)56-52-48-44-40-36-32-18-16-14-12-10-8-6-4-2/h10,12,16,18,23,26,33,37,59-60,64-65H,3-9,11,13-15,17,19-22,24-25,27-32,34-36,38-58H2,1-2H3,(H,63,66)/b12-10-,18-16-,26-23-,37-33-. The molecule has 0 saturated carbocycles. The Bertz CT molecular complexity index is 1150. The normalized spacial score (nSPS) is 12.9. The van der Waals surface area contributed by atoms with E-state index in [0.717, 1.165) is 96.3 Å². The van der Waals surface area contributed by atoms with E-state index in [1.807, 2.05) is 0 Å². The number of aliphatic hydroxyl groups excluding tert-OH is 2. The monoisotopic (exact) mass is 954 g/mol. The summed E-state index contributed by atoms with van der Waals surface area (Å²) < 4.78 is 5.44. The Labute approximate surface area is 423 Å². The maximum Gasteiger partial charge on any atom is 0.305 e. The Morgan fingerprint density at radius 2 is 0.750 bits per heavy atom. The molecule has 2 atom stereocenters. The molecular formula is C62H115NO5. The third-order valence-corrected chi connectivity index (χ3v) is 13.6. The fourth-order valence-corrected chi connectivity index (χ4v) is 8.98. The summed E-state index contributed by atoms with van der Waals surface area (Å²) >= 11 is 0. The molecule has 6 heteroatoms. The lowest BCUT2D eigenvalue weighted by Gasteiger charge is -2.22. The number of rotatable bonds is 55. The van der Waals surface area contributed by atoms with Gasteiger partial charge in [-0.2, -0.15) is 0 Å². The summed E-state index contributed by atoms with van der Waals surface area (Å²) in [6.45, 7) is 4.87. The molecule has 0 aromatic rings. The molecule has 0 bridgehead atoms. The molecule has 3 N–H and O–H groups in total. The van der Waals surface area contributed by atoms with Gasteiger partial charge in [-0.1, -0.05) is 255 Å². The average molecular weight is 955 g/mol. The maximum atomic E-state index is 12.5. The minimum atomic E-state index is -0.677. The van der Waals surface area contributed by atoms with Crippen LogP contribution >= 0.6 is 0 Å². The van der Waals surface area contributed by atoms with Crippen molar-refractivity contribution in [2.75, 3.05) is 13.2 Å². The van der Waals surface area contributed by atoms with Crippen LogP contribution in [0.4, 0.5) is 0 Å². The fourth-order valence-electron chi connectivity index (χ4n) is 8.98. The Hall–Kier alpha value is -2.18. The van der Waals surface area contributed by atoms with Crippen molar-refractivity contribution in [2.45, 2.75) is 321 Å². The summed E-state index contributed by atoms with van der Waals surface area (Å²) in [7, 11) is 0. The average Bonchev–Trinajstić information content (AvgIpc) is 3.34. The second kappa shape index (κ2) is 57.4. The smallest absolute Gasteiger partial charge is 0.305 e. The number of unbranched alkanes of at least 4 members (excludes halogenated alkanes) is 36. The number of hydrogen-bond acceptors (Lipinski definition) is 5. The number of carbonyl (C=O) groups is 2. The Balaban J connectivity index is 3.51. The van der Waals surface area contributed by atoms with Crippen LogP contribution in [0.25, 0.3) is 0 Å². The van der Waals surface area contributed by atoms with Crippen LogP contribution in [0.1, 0.15) is 309 Å². The van der Waals surface area contributed by atoms with Crippen LogP contribution in [0.5, 0.6) is 0 Å². The molecule has 0 aromatic carbocycles. The van der Waals surface area contributed by atoms with Gasteiger partial charge in [0.25, 0.3) is 0 Å². The molecule has 68 heavy (non-hydrogen) atoms. The zero-order valence-corrected chi connectivity index (χ0v) is 45.3. The lowest BCUT2D eigenvalue weighted by Crippen LogP contribution is -2.45. The predicted octanol–water partition coefficient (Wildman–Crippen LogP) is 18.6. The van der Waals surface area contributed by atoms with Gasteiger partial charge < -0.3 is 20.3 Å². The topological polar surface area (TPSA) is 95.9 Å². The first-order chi connectivity index (χ1) is 33.5. The molecule has 398 valence electrons. The van der Waals surface area contributed by atoms with E-state index in [1.54, 1.807) is 0 Å². The fraction of sp³-hybridized carbons (Fsp3) is 0.839. The van der Waals surface area contributed by atoms with Gasteiger partial charge in [0.1, 0.15) is 0 Å². The van der Waals surface area contributed by atoms with E-state index in [-0.39, 0.29) is 18.5 Å². The Morgan fingerprint density at radius 1 is 0.412 bits per heavy atom. The van der Waals surface area contributed by atoms with Gasteiger partial charge in [-0.15, -0.1) is 0 Å². The maximum absolute atomic E-state index is 12.5. The number of carbonyl (C=O) groups excluding carboxylic acids is 2. The van der Waals surface area contributed by atoms with E-state index in [2.05, 4.69) is 67.8 Å². The number of hydrogen-bond donors (Lipinski definition) is 3. The number of esters is 1. The summed E-state index contributed by atoms with van der Waals surface area (Å²) in [5.74, 6) is -0.0802. The van der Waals surface area contributed by atoms with Gasteiger partial charge in [-0.05, 0) is 89.9 Å². The molecule has 0 rings (SSSR count). The largest absolute Gasteiger partial charge is 0.466 e. The number of aliphatic hydroxyl groups is 2. The zero-order chi connectivity index (χ0) is 49.3. The van der Waals surface area contributed by atoms with Crippen molar-refractivity contribution in [3.8, 4) is 0 Å². The summed E-state index contributed by atoms with van der Waals surface area (Å²) in [6, 6.07) is -0.556. The van der Waals surface area contributed by atoms with E-state index in [4.69, 9.17) is 4.74 Å². The summed E-state index contributed by atoms with van der Waals surface area (Å²) in [5.41, 5.74) is 0. The molecule has 0 saturated heterocycles. The van der Waals surface area contributed by atoms with E-state index in [0.29, 0.717) is 25.9 Å². The zero-order valence-electron chi connectivity index (χ0n) is 45.3. The second-order valence-corrected chi connectivity index (χ2v) is 20.3. The lowest BCUT2D eigenvalue weighted by molar-refractivity contribution is -0.143. The first kappa shape index (κ1) is 65.8. The quantitative estimate of drug-likeness (QED) is 0.0321. The number of amides is 1. The molecule has 0 aliphatic rings. The first-order valence-electron chi connectivity index (χ1n) is 29.9. The SMILES string of the molecule is CCCC/C=C\C/C=C\CCCCCCCC(=O)OCCCCC/C=C\C/C=C\CCCCCCCCCC(=O)NC(CO)C(O)CCCCCCCCCCCCCCCCCCCCCC. The van der Waals surface area contributed by atoms with Crippen LogP contribution in [0.3, 0.4) is 0 Å². The van der Waals surface area contributed by atoms with Crippen molar-refractivity contribution >= 4 is 11.9 Å². The van der Waals surface area contributed by atoms with Crippen LogP contribution in [0, 0.1) is 0 Å². The van der Waals surface area contributed by atoms with Gasteiger partial charge in [-0.25, -0.2) is 0 Å². The first-order valence-corrected chi connectivity index (χ1v) is 29.9. The Kier molecular flexibility index (Phi) is 55.6. The van der Waals surface area contributed by atoms with Crippen LogP contribution in [-0.4, -0.2) is 47.4 Å². The van der Waals surface area contributed by atoms with Crippen LogP contribution < -0.4 is 5.32 Å². The van der Waals surface area contributed by atoms with Gasteiger partial charge in [0.2, 0.25) is 5.91 Å². The van der Waals surface area contributed by atoms with Gasteiger partial charge in [0, 0.05) is 12.8 Å². The van der Waals surface area contributed by atoms with Gasteiger partial charge >= 0.3 is 5.97 Å². The highest BCUT2D eigenvalue weighted by molar-refractivity contribution is 5.76. The van der Waals surface area contributed by atoms with E-state index in [1.165, 1.54) is 180 Å². The molecule has 6 nitrogen and oxygen atoms in total. The molecule has 0 aliphatic carbocycles. The second-order valence-electron chi connectivity index (χ2n) is 20.3. The summed E-state index contributed by atoms with van der Waals surface area (Å²) in [4.78, 5) is 24.5. The molecular weight excluding hydrogens is 839 g/mol. The van der Waals surface area contributed by atoms with Crippen molar-refractivity contribution in [2.24, 2.45) is 0 Å². The highest BCUT2D eigenvalue weighted by Crippen LogP contribution is 2.17. The highest BCUT2D eigenvalue weighted by atomic mass is 16.5. The van der Waals surface area contributed by atoms with E-state index < -0.39 is 12.1 Å². The third-order valence-electron chi connectivity index (χ3n) is 13.6. The minimum absolute atomic E-state index is 0.0302. The molecule has 0 heterocycles. The van der Waals surface area contributed by atoms with Crippen molar-refractivity contribution in [1.82, 2.24) is 5.32 Å². The molecule has 0 fully saturated rings. The molecule has 2 unspecified atom stereocenters. The summed E-state index contributed by atoms with van der Waals surface area (Å²) in [5, 5.41) is 23.3. The third kappa shape index (κ3) is 53.2. The molecule has 1 amide bonds. The number of nitrogens with one attached hydrogen (secondary N) is 1. The van der Waals surface area contributed by atoms with Crippen molar-refractivity contribution in [3.63, 3.8) is 0 Å². The molecule has 0 aromatic heterocycles. The molecule has 0 aliphatic heterocycles.